The zero-order chi connectivity index (χ0) is 25.7. The minimum atomic E-state index is -0.232. The molecule has 10 heteroatoms. The van der Waals surface area contributed by atoms with Crippen molar-refractivity contribution in [3.05, 3.63) is 69.6 Å². The molecule has 3 N–H and O–H groups in total. The normalized spacial score (nSPS) is 25.6. The van der Waals surface area contributed by atoms with E-state index in [1.54, 1.807) is 30.3 Å². The van der Waals surface area contributed by atoms with E-state index in [1.807, 2.05) is 25.3 Å². The highest BCUT2D eigenvalue weighted by Gasteiger charge is 2.79. The number of anilines is 2. The molecule has 1 aliphatic heterocycles. The van der Waals surface area contributed by atoms with Gasteiger partial charge in [-0.15, -0.1) is 0 Å². The van der Waals surface area contributed by atoms with Crippen LogP contribution in [0.4, 0.5) is 11.6 Å². The number of piperidine rings is 1. The van der Waals surface area contributed by atoms with Crippen molar-refractivity contribution in [2.24, 2.45) is 16.8 Å². The number of carbonyl (C=O) groups is 1. The number of hydrogen-bond donors (Lipinski definition) is 2. The zero-order valence-corrected chi connectivity index (χ0v) is 21.0. The number of aliphatic imine (C=N–C) groups is 1. The molecular weight excluding hydrogens is 466 g/mol. The fraction of sp³-hybridized carbons (Fsp3) is 0.407. The number of carbonyl (C=O) groups excluding carboxylic acids is 1. The molecule has 4 atom stereocenters. The summed E-state index contributed by atoms with van der Waals surface area (Å²) in [5.74, 6) is 2.04. The van der Waals surface area contributed by atoms with E-state index in [9.17, 15) is 4.79 Å². The largest absolute Gasteiger partial charge is 0.383 e. The lowest BCUT2D eigenvalue weighted by atomic mass is 10.1. The number of nitrogen functional groups attached to an aromatic ring is 1. The third kappa shape index (κ3) is 3.82. The van der Waals surface area contributed by atoms with E-state index < -0.39 is 0 Å². The first-order valence-corrected chi connectivity index (χ1v) is 12.6. The zero-order valence-electron chi connectivity index (χ0n) is 21.0. The number of pyridine rings is 2. The second-order valence-electron chi connectivity index (χ2n) is 10.2. The highest BCUT2D eigenvalue weighted by atomic mass is 16.1. The Balaban J connectivity index is 1.10. The molecule has 1 saturated heterocycles. The minimum absolute atomic E-state index is 0.0671. The number of nitrogens with zero attached hydrogens (tertiary/aromatic N) is 7. The highest BCUT2D eigenvalue weighted by molar-refractivity contribution is 5.94. The molecule has 1 unspecified atom stereocenters. The molecule has 4 heterocycles. The Bertz CT molecular complexity index is 1450. The summed E-state index contributed by atoms with van der Waals surface area (Å²) in [4.78, 5) is 32.6. The first-order valence-electron chi connectivity index (χ1n) is 12.6. The van der Waals surface area contributed by atoms with E-state index in [4.69, 9.17) is 17.3 Å². The van der Waals surface area contributed by atoms with Crippen LogP contribution in [-0.4, -0.2) is 57.5 Å². The molecule has 3 aromatic rings. The van der Waals surface area contributed by atoms with E-state index in [-0.39, 0.29) is 17.5 Å². The Morgan fingerprint density at radius 2 is 2.27 bits per heavy atom. The van der Waals surface area contributed by atoms with Gasteiger partial charge in [0.15, 0.2) is 0 Å². The summed E-state index contributed by atoms with van der Waals surface area (Å²) < 4.78 is 1.77. The molecule has 6 rings (SSSR count). The van der Waals surface area contributed by atoms with Crippen LogP contribution in [0.1, 0.15) is 45.2 Å². The van der Waals surface area contributed by atoms with Gasteiger partial charge in [0.2, 0.25) is 0 Å². The monoisotopic (exact) mass is 496 g/mol. The first kappa shape index (κ1) is 23.2. The van der Waals surface area contributed by atoms with Gasteiger partial charge >= 0.3 is 5.54 Å². The third-order valence-corrected chi connectivity index (χ3v) is 8.18. The lowest BCUT2D eigenvalue weighted by Crippen LogP contribution is -2.30. The number of aryl methyl sites for hydroxylation is 1. The number of rotatable bonds is 6. The number of nitrogens with one attached hydrogen (secondary N) is 1. The molecule has 3 aliphatic rings. The van der Waals surface area contributed by atoms with E-state index >= 15 is 0 Å². The Morgan fingerprint density at radius 1 is 1.41 bits per heavy atom. The van der Waals surface area contributed by atoms with Crippen LogP contribution in [0.25, 0.3) is 4.85 Å². The molecular formula is C27H30N9O+. The predicted octanol–water partition coefficient (Wildman–Crippen LogP) is 2.50. The van der Waals surface area contributed by atoms with Crippen molar-refractivity contribution in [3.8, 4) is 6.57 Å². The van der Waals surface area contributed by atoms with Crippen LogP contribution in [-0.2, 0) is 13.0 Å². The van der Waals surface area contributed by atoms with Gasteiger partial charge in [0.05, 0.1) is 36.2 Å². The van der Waals surface area contributed by atoms with Crippen molar-refractivity contribution in [1.82, 2.24) is 25.1 Å². The SMILES string of the molecule is C#[N+][C@@]12CN(c3ccc(Cn4cc(C(=O)N[C@@H]5CCc6c5ccnc6N)cn4)c(C)n3)C[C@@H]1C2C=NC. The number of aromatic nitrogens is 4. The average molecular weight is 497 g/mol. The molecule has 3 aromatic heterocycles. The van der Waals surface area contributed by atoms with Crippen LogP contribution in [0.3, 0.4) is 0 Å². The van der Waals surface area contributed by atoms with Gasteiger partial charge in [-0.05, 0) is 48.6 Å². The topological polar surface area (TPSA) is 119 Å². The summed E-state index contributed by atoms with van der Waals surface area (Å²) in [5.41, 5.74) is 10.3. The second-order valence-corrected chi connectivity index (χ2v) is 10.2. The van der Waals surface area contributed by atoms with Crippen LogP contribution < -0.4 is 16.0 Å². The smallest absolute Gasteiger partial charge is 0.311 e. The van der Waals surface area contributed by atoms with Crippen molar-refractivity contribution in [2.45, 2.75) is 37.9 Å². The molecule has 0 spiro atoms. The van der Waals surface area contributed by atoms with Crippen molar-refractivity contribution >= 4 is 23.8 Å². The van der Waals surface area contributed by atoms with Crippen molar-refractivity contribution in [2.75, 3.05) is 30.8 Å². The maximum absolute atomic E-state index is 12.9. The quantitative estimate of drug-likeness (QED) is 0.506. The lowest BCUT2D eigenvalue weighted by molar-refractivity contribution is 0.0936. The number of hydrogen-bond acceptors (Lipinski definition) is 7. The van der Waals surface area contributed by atoms with E-state index in [2.05, 4.69) is 36.2 Å². The molecule has 1 amide bonds. The van der Waals surface area contributed by atoms with Gasteiger partial charge in [0, 0.05) is 37.9 Å². The first-order chi connectivity index (χ1) is 17.9. The van der Waals surface area contributed by atoms with Crippen LogP contribution in [0.5, 0.6) is 0 Å². The average Bonchev–Trinajstić information content (AvgIpc) is 3.37. The van der Waals surface area contributed by atoms with Gasteiger partial charge in [-0.3, -0.25) is 9.48 Å². The molecule has 1 saturated carbocycles. The Hall–Kier alpha value is -4.26. The third-order valence-electron chi connectivity index (χ3n) is 8.18. The Kier molecular flexibility index (Phi) is 5.44. The van der Waals surface area contributed by atoms with Gasteiger partial charge in [0.25, 0.3) is 12.5 Å². The standard InChI is InChI=1S/C27H29N9O/c1-16-17(4-7-24(33-16)35-14-22-21(11-29-2)27(22,15-35)30-3)12-36-13-18(10-32-36)26(37)34-23-6-5-20-19(23)8-9-31-25(20)28/h3-4,7-11,13,21-23H,5-6,12,14-15H2,1-2H3,(H2-,28,31,34,37)/p+1/t21?,22-,23-,27-/m1/s1. The summed E-state index contributed by atoms with van der Waals surface area (Å²) in [6.45, 7) is 9.93. The van der Waals surface area contributed by atoms with Crippen LogP contribution in [0.2, 0.25) is 0 Å². The Labute approximate surface area is 215 Å². The maximum Gasteiger partial charge on any atom is 0.311 e. The van der Waals surface area contributed by atoms with Gasteiger partial charge < -0.3 is 20.9 Å². The second kappa shape index (κ2) is 8.69. The molecule has 37 heavy (non-hydrogen) atoms. The summed E-state index contributed by atoms with van der Waals surface area (Å²) in [5, 5.41) is 7.53. The molecule has 188 valence electrons. The van der Waals surface area contributed by atoms with E-state index in [0.717, 1.165) is 54.1 Å². The summed E-state index contributed by atoms with van der Waals surface area (Å²) >= 11 is 0. The molecule has 0 bridgehead atoms. The van der Waals surface area contributed by atoms with Gasteiger partial charge in [-0.1, -0.05) is 10.9 Å². The maximum atomic E-state index is 12.9. The van der Waals surface area contributed by atoms with E-state index in [1.165, 1.54) is 0 Å². The van der Waals surface area contributed by atoms with Gasteiger partial charge in [-0.2, -0.15) is 5.10 Å². The minimum Gasteiger partial charge on any atom is -0.383 e. The molecule has 2 aliphatic carbocycles. The predicted molar refractivity (Wildman–Crippen MR) is 142 cm³/mol. The summed E-state index contributed by atoms with van der Waals surface area (Å²) in [6.07, 6.45) is 8.66. The van der Waals surface area contributed by atoms with E-state index in [0.29, 0.717) is 29.8 Å². The summed E-state index contributed by atoms with van der Waals surface area (Å²) in [7, 11) is 1.79. The Morgan fingerprint density at radius 3 is 3.03 bits per heavy atom. The van der Waals surface area contributed by atoms with Crippen molar-refractivity contribution < 1.29 is 4.79 Å². The molecule has 10 nitrogen and oxygen atoms in total. The van der Waals surface area contributed by atoms with Crippen LogP contribution >= 0.6 is 0 Å². The fourth-order valence-electron chi connectivity index (χ4n) is 6.05. The number of nitrogens with two attached hydrogens (primary N) is 1. The van der Waals surface area contributed by atoms with Crippen molar-refractivity contribution in [1.29, 1.82) is 0 Å². The van der Waals surface area contributed by atoms with Crippen LogP contribution in [0.15, 0.2) is 41.8 Å². The van der Waals surface area contributed by atoms with Gasteiger partial charge in [-0.25, -0.2) is 9.97 Å². The van der Waals surface area contributed by atoms with Crippen LogP contribution in [0, 0.1) is 25.3 Å². The number of fused-ring (bicyclic) bond motifs is 2. The van der Waals surface area contributed by atoms with Gasteiger partial charge in [0.1, 0.15) is 18.2 Å². The highest BCUT2D eigenvalue weighted by Crippen LogP contribution is 2.58. The lowest BCUT2D eigenvalue weighted by Gasteiger charge is -2.20. The fourth-order valence-corrected chi connectivity index (χ4v) is 6.05. The molecule has 2 fully saturated rings. The molecule has 0 aromatic carbocycles. The summed E-state index contributed by atoms with van der Waals surface area (Å²) in [6, 6.07) is 5.98. The number of amides is 1. The molecule has 0 radical (unpaired) electrons. The van der Waals surface area contributed by atoms with Crippen molar-refractivity contribution in [3.63, 3.8) is 0 Å².